The van der Waals surface area contributed by atoms with Crippen LogP contribution in [-0.4, -0.2) is 31.0 Å². The van der Waals surface area contributed by atoms with Gasteiger partial charge in [-0.3, -0.25) is 4.57 Å². The SMILES string of the molecule is Clc1nc(NCCc2cccs2)nc(-n2ccnc2)n1. The third-order valence-corrected chi connectivity index (χ3v) is 3.67. The molecule has 0 aliphatic heterocycles. The highest BCUT2D eigenvalue weighted by Crippen LogP contribution is 2.11. The number of anilines is 1. The summed E-state index contributed by atoms with van der Waals surface area (Å²) in [6, 6.07) is 4.14. The number of imidazole rings is 1. The van der Waals surface area contributed by atoms with Gasteiger partial charge in [-0.05, 0) is 29.5 Å². The molecule has 0 bridgehead atoms. The second-order valence-electron chi connectivity index (χ2n) is 3.95. The molecule has 3 aromatic rings. The molecular weight excluding hydrogens is 296 g/mol. The highest BCUT2D eigenvalue weighted by molar-refractivity contribution is 7.09. The van der Waals surface area contributed by atoms with Gasteiger partial charge in [-0.2, -0.15) is 15.0 Å². The zero-order valence-electron chi connectivity index (χ0n) is 10.4. The van der Waals surface area contributed by atoms with Crippen LogP contribution in [0.5, 0.6) is 0 Å². The molecule has 1 N–H and O–H groups in total. The normalized spacial score (nSPS) is 10.7. The van der Waals surface area contributed by atoms with E-state index in [0.29, 0.717) is 11.9 Å². The van der Waals surface area contributed by atoms with Crippen LogP contribution < -0.4 is 5.32 Å². The van der Waals surface area contributed by atoms with Gasteiger partial charge < -0.3 is 5.32 Å². The summed E-state index contributed by atoms with van der Waals surface area (Å²) in [6.07, 6.45) is 5.94. The number of nitrogens with zero attached hydrogens (tertiary/aromatic N) is 5. The van der Waals surface area contributed by atoms with Crippen molar-refractivity contribution in [3.8, 4) is 5.95 Å². The molecule has 0 unspecified atom stereocenters. The number of hydrogen-bond donors (Lipinski definition) is 1. The third-order valence-electron chi connectivity index (χ3n) is 2.57. The predicted octanol–water partition coefficient (Wildman–Crippen LogP) is 2.43. The standard InChI is InChI=1S/C12H11ClN6S/c13-10-16-11(15-4-3-9-2-1-7-20-9)18-12(17-10)19-6-5-14-8-19/h1-2,5-8H,3-4H2,(H,15,16,17,18). The lowest BCUT2D eigenvalue weighted by Crippen LogP contribution is -2.10. The van der Waals surface area contributed by atoms with Crippen LogP contribution in [0.1, 0.15) is 4.88 Å². The maximum atomic E-state index is 5.91. The molecule has 0 radical (unpaired) electrons. The smallest absolute Gasteiger partial charge is 0.241 e. The van der Waals surface area contributed by atoms with Crippen LogP contribution in [0.15, 0.2) is 36.2 Å². The lowest BCUT2D eigenvalue weighted by molar-refractivity contribution is 0.885. The quantitative estimate of drug-likeness (QED) is 0.784. The van der Waals surface area contributed by atoms with Gasteiger partial charge in [0.05, 0.1) is 0 Å². The Morgan fingerprint density at radius 1 is 1.30 bits per heavy atom. The highest BCUT2D eigenvalue weighted by atomic mass is 35.5. The largest absolute Gasteiger partial charge is 0.354 e. The van der Waals surface area contributed by atoms with Crippen LogP contribution in [0, 0.1) is 0 Å². The summed E-state index contributed by atoms with van der Waals surface area (Å²) >= 11 is 7.64. The molecule has 0 spiro atoms. The summed E-state index contributed by atoms with van der Waals surface area (Å²) < 4.78 is 1.68. The molecule has 0 aromatic carbocycles. The van der Waals surface area contributed by atoms with Gasteiger partial charge in [-0.1, -0.05) is 6.07 Å². The van der Waals surface area contributed by atoms with E-state index in [1.54, 1.807) is 34.6 Å². The van der Waals surface area contributed by atoms with Gasteiger partial charge in [0.2, 0.25) is 17.2 Å². The van der Waals surface area contributed by atoms with Gasteiger partial charge in [0.15, 0.2) is 0 Å². The fourth-order valence-electron chi connectivity index (χ4n) is 1.66. The van der Waals surface area contributed by atoms with Crippen molar-refractivity contribution in [1.82, 2.24) is 24.5 Å². The van der Waals surface area contributed by atoms with E-state index in [2.05, 4.69) is 36.7 Å². The first-order valence-electron chi connectivity index (χ1n) is 5.97. The topological polar surface area (TPSA) is 68.5 Å². The average Bonchev–Trinajstić information content (AvgIpc) is 3.11. The van der Waals surface area contributed by atoms with Gasteiger partial charge in [0.25, 0.3) is 0 Å². The first-order valence-corrected chi connectivity index (χ1v) is 7.23. The molecule has 0 saturated carbocycles. The summed E-state index contributed by atoms with van der Waals surface area (Å²) in [5.41, 5.74) is 0. The summed E-state index contributed by atoms with van der Waals surface area (Å²) in [7, 11) is 0. The summed E-state index contributed by atoms with van der Waals surface area (Å²) in [5.74, 6) is 0.909. The van der Waals surface area contributed by atoms with Crippen molar-refractivity contribution in [3.05, 3.63) is 46.4 Å². The van der Waals surface area contributed by atoms with Crippen LogP contribution in [0.3, 0.4) is 0 Å². The van der Waals surface area contributed by atoms with Crippen LogP contribution in [0.2, 0.25) is 5.28 Å². The molecule has 0 fully saturated rings. The van der Waals surface area contributed by atoms with E-state index in [1.807, 2.05) is 6.07 Å². The van der Waals surface area contributed by atoms with Crippen molar-refractivity contribution >= 4 is 28.9 Å². The molecule has 6 nitrogen and oxygen atoms in total. The molecule has 0 saturated heterocycles. The number of nitrogens with one attached hydrogen (secondary N) is 1. The average molecular weight is 307 g/mol. The molecule has 102 valence electrons. The number of thiophene rings is 1. The van der Waals surface area contributed by atoms with E-state index in [4.69, 9.17) is 11.6 Å². The zero-order chi connectivity index (χ0) is 13.8. The van der Waals surface area contributed by atoms with Crippen molar-refractivity contribution in [2.45, 2.75) is 6.42 Å². The third kappa shape index (κ3) is 3.12. The predicted molar refractivity (Wildman–Crippen MR) is 78.5 cm³/mol. The molecule has 0 atom stereocenters. The minimum atomic E-state index is 0.155. The Balaban J connectivity index is 1.70. The fourth-order valence-corrected chi connectivity index (χ4v) is 2.53. The molecular formula is C12H11ClN6S. The Morgan fingerprint density at radius 2 is 2.25 bits per heavy atom. The minimum absolute atomic E-state index is 0.155. The van der Waals surface area contributed by atoms with E-state index in [1.165, 1.54) is 4.88 Å². The van der Waals surface area contributed by atoms with Gasteiger partial charge in [-0.25, -0.2) is 4.98 Å². The Kier molecular flexibility index (Phi) is 3.89. The monoisotopic (exact) mass is 306 g/mol. The number of aromatic nitrogens is 5. The fraction of sp³-hybridized carbons (Fsp3) is 0.167. The van der Waals surface area contributed by atoms with Crippen LogP contribution >= 0.6 is 22.9 Å². The summed E-state index contributed by atoms with van der Waals surface area (Å²) in [4.78, 5) is 17.7. The molecule has 0 amide bonds. The molecule has 0 aliphatic carbocycles. The minimum Gasteiger partial charge on any atom is -0.354 e. The second kappa shape index (κ2) is 5.98. The first-order chi connectivity index (χ1) is 9.81. The molecule has 3 heterocycles. The lowest BCUT2D eigenvalue weighted by atomic mass is 10.3. The van der Waals surface area contributed by atoms with Crippen molar-refractivity contribution < 1.29 is 0 Å². The molecule has 3 aromatic heterocycles. The van der Waals surface area contributed by atoms with Crippen LogP contribution in [0.25, 0.3) is 5.95 Å². The first kappa shape index (κ1) is 13.0. The Bertz CT molecular complexity index is 667. The van der Waals surface area contributed by atoms with Crippen LogP contribution in [0.4, 0.5) is 5.95 Å². The summed E-state index contributed by atoms with van der Waals surface area (Å²) in [5, 5.41) is 5.37. The van der Waals surface area contributed by atoms with E-state index < -0.39 is 0 Å². The summed E-state index contributed by atoms with van der Waals surface area (Å²) in [6.45, 7) is 0.740. The van der Waals surface area contributed by atoms with Gasteiger partial charge in [0, 0.05) is 23.8 Å². The van der Waals surface area contributed by atoms with E-state index in [-0.39, 0.29) is 5.28 Å². The molecule has 8 heteroatoms. The lowest BCUT2D eigenvalue weighted by Gasteiger charge is -2.06. The molecule has 3 rings (SSSR count). The van der Waals surface area contributed by atoms with Gasteiger partial charge >= 0.3 is 0 Å². The zero-order valence-corrected chi connectivity index (χ0v) is 12.0. The van der Waals surface area contributed by atoms with Crippen molar-refractivity contribution in [3.63, 3.8) is 0 Å². The van der Waals surface area contributed by atoms with Crippen LogP contribution in [-0.2, 0) is 6.42 Å². The highest BCUT2D eigenvalue weighted by Gasteiger charge is 2.06. The van der Waals surface area contributed by atoms with Gasteiger partial charge in [0.1, 0.15) is 6.33 Å². The van der Waals surface area contributed by atoms with Crippen molar-refractivity contribution in [2.24, 2.45) is 0 Å². The second-order valence-corrected chi connectivity index (χ2v) is 5.32. The van der Waals surface area contributed by atoms with E-state index in [0.717, 1.165) is 13.0 Å². The van der Waals surface area contributed by atoms with Crippen molar-refractivity contribution in [1.29, 1.82) is 0 Å². The Morgan fingerprint density at radius 3 is 3.00 bits per heavy atom. The molecule has 0 aliphatic rings. The number of hydrogen-bond acceptors (Lipinski definition) is 6. The van der Waals surface area contributed by atoms with Gasteiger partial charge in [-0.15, -0.1) is 11.3 Å². The molecule has 20 heavy (non-hydrogen) atoms. The maximum Gasteiger partial charge on any atom is 0.241 e. The number of halogens is 1. The Labute approximate surface area is 124 Å². The van der Waals surface area contributed by atoms with Crippen molar-refractivity contribution in [2.75, 3.05) is 11.9 Å². The van der Waals surface area contributed by atoms with E-state index in [9.17, 15) is 0 Å². The van der Waals surface area contributed by atoms with E-state index >= 15 is 0 Å². The number of rotatable bonds is 5. The maximum absolute atomic E-state index is 5.91. The Hall–Kier alpha value is -1.99.